The molecule has 0 spiro atoms. The van der Waals surface area contributed by atoms with Crippen LogP contribution in [0.3, 0.4) is 0 Å². The second kappa shape index (κ2) is 12.8. The quantitative estimate of drug-likeness (QED) is 0.266. The molecule has 0 aliphatic rings. The molecule has 1 atom stereocenters. The summed E-state index contributed by atoms with van der Waals surface area (Å²) in [7, 11) is 0. The first-order chi connectivity index (χ1) is 12.9. The van der Waals surface area contributed by atoms with Crippen LogP contribution in [0.2, 0.25) is 0 Å². The summed E-state index contributed by atoms with van der Waals surface area (Å²) in [6.45, 7) is 2.07. The van der Waals surface area contributed by atoms with Gasteiger partial charge in [-0.15, -0.1) is 0 Å². The Morgan fingerprint density at radius 3 is 2.48 bits per heavy atom. The van der Waals surface area contributed by atoms with Crippen LogP contribution in [-0.2, 0) is 25.4 Å². The van der Waals surface area contributed by atoms with E-state index >= 15 is 0 Å². The summed E-state index contributed by atoms with van der Waals surface area (Å²) >= 11 is -0.897. The smallest absolute Gasteiger partial charge is 0.411 e. The van der Waals surface area contributed by atoms with E-state index in [9.17, 15) is 18.9 Å². The number of amides is 2. The summed E-state index contributed by atoms with van der Waals surface area (Å²) < 4.78 is 25.5. The summed E-state index contributed by atoms with van der Waals surface area (Å²) in [4.78, 5) is 34.7. The average molecular weight is 400 g/mol. The first-order valence-corrected chi connectivity index (χ1v) is 10.1. The van der Waals surface area contributed by atoms with Crippen molar-refractivity contribution >= 4 is 35.0 Å². The largest absolute Gasteiger partial charge is 0.617 e. The van der Waals surface area contributed by atoms with Crippen molar-refractivity contribution in [2.45, 2.75) is 13.3 Å². The van der Waals surface area contributed by atoms with Gasteiger partial charge in [-0.3, -0.25) is 5.32 Å². The van der Waals surface area contributed by atoms with E-state index in [4.69, 9.17) is 14.2 Å². The number of nitrogens with one attached hydrogen (secondary N) is 2. The van der Waals surface area contributed by atoms with Crippen molar-refractivity contribution in [1.82, 2.24) is 5.32 Å². The Kier molecular flexibility index (Phi) is 10.7. The van der Waals surface area contributed by atoms with Gasteiger partial charge in [0, 0.05) is 18.7 Å². The van der Waals surface area contributed by atoms with Crippen LogP contribution in [0.25, 0.3) is 0 Å². The molecule has 0 radical (unpaired) electrons. The summed E-state index contributed by atoms with van der Waals surface area (Å²) in [5.74, 6) is 0.0140. The molecule has 0 bridgehead atoms. The van der Waals surface area contributed by atoms with Crippen LogP contribution >= 0.6 is 0 Å². The average Bonchev–Trinajstić information content (AvgIpc) is 2.62. The van der Waals surface area contributed by atoms with Gasteiger partial charge in [0.1, 0.15) is 19.0 Å². The fraction of sp³-hybridized carbons (Fsp3) is 0.471. The van der Waals surface area contributed by atoms with E-state index in [1.807, 2.05) is 0 Å². The summed E-state index contributed by atoms with van der Waals surface area (Å²) in [6, 6.07) is 6.23. The maximum absolute atomic E-state index is 11.7. The maximum atomic E-state index is 11.7. The minimum atomic E-state index is -0.897. The monoisotopic (exact) mass is 400 g/mol. The molecule has 0 aromatic heterocycles. The van der Waals surface area contributed by atoms with Gasteiger partial charge in [0.2, 0.25) is 0 Å². The van der Waals surface area contributed by atoms with E-state index in [-0.39, 0.29) is 19.8 Å². The van der Waals surface area contributed by atoms with Gasteiger partial charge in [0.05, 0.1) is 18.4 Å². The van der Waals surface area contributed by atoms with Gasteiger partial charge in [-0.2, -0.15) is 0 Å². The third-order valence-electron chi connectivity index (χ3n) is 3.05. The van der Waals surface area contributed by atoms with Crippen molar-refractivity contribution in [3.63, 3.8) is 0 Å². The topological polar surface area (TPSA) is 126 Å². The minimum Gasteiger partial charge on any atom is -0.617 e. The number of hydrogen-bond donors (Lipinski definition) is 2. The van der Waals surface area contributed by atoms with Gasteiger partial charge in [-0.05, 0) is 25.1 Å². The minimum absolute atomic E-state index is 0.109. The van der Waals surface area contributed by atoms with Crippen LogP contribution in [0.15, 0.2) is 24.3 Å². The zero-order valence-electron chi connectivity index (χ0n) is 15.3. The number of benzene rings is 1. The molecular formula is C17H24N2O7S. The Morgan fingerprint density at radius 2 is 1.81 bits per heavy atom. The predicted octanol–water partition coefficient (Wildman–Crippen LogP) is 1.91. The van der Waals surface area contributed by atoms with Crippen molar-refractivity contribution in [3.8, 4) is 0 Å². The van der Waals surface area contributed by atoms with Crippen LogP contribution < -0.4 is 10.6 Å². The molecule has 0 heterocycles. The summed E-state index contributed by atoms with van der Waals surface area (Å²) in [5, 5.41) is 4.96. The Bertz CT molecular complexity index is 625. The Labute approximate surface area is 160 Å². The molecule has 1 aromatic rings. The lowest BCUT2D eigenvalue weighted by Gasteiger charge is -2.09. The van der Waals surface area contributed by atoms with Crippen LogP contribution in [0.4, 0.5) is 15.3 Å². The number of carbonyl (C=O) groups excluding carboxylic acids is 3. The highest BCUT2D eigenvalue weighted by Gasteiger charge is 2.09. The highest BCUT2D eigenvalue weighted by molar-refractivity contribution is 7.90. The second-order valence-corrected chi connectivity index (χ2v) is 6.81. The van der Waals surface area contributed by atoms with E-state index < -0.39 is 29.3 Å². The molecule has 1 unspecified atom stereocenters. The lowest BCUT2D eigenvalue weighted by Crippen LogP contribution is -2.28. The molecule has 1 rings (SSSR count). The molecule has 0 saturated carbocycles. The predicted molar refractivity (Wildman–Crippen MR) is 100 cm³/mol. The Balaban J connectivity index is 2.23. The van der Waals surface area contributed by atoms with Crippen LogP contribution in [0.1, 0.15) is 23.7 Å². The van der Waals surface area contributed by atoms with Gasteiger partial charge in [0.25, 0.3) is 0 Å². The first-order valence-electron chi connectivity index (χ1n) is 8.34. The van der Waals surface area contributed by atoms with Crippen molar-refractivity contribution in [1.29, 1.82) is 0 Å². The van der Waals surface area contributed by atoms with E-state index in [1.54, 1.807) is 31.4 Å². The second-order valence-electron chi connectivity index (χ2n) is 5.26. The molecule has 0 aliphatic heterocycles. The molecule has 0 aliphatic carbocycles. The molecule has 27 heavy (non-hydrogen) atoms. The molecule has 9 nitrogen and oxygen atoms in total. The Morgan fingerprint density at radius 1 is 1.11 bits per heavy atom. The van der Waals surface area contributed by atoms with Gasteiger partial charge in [0.15, 0.2) is 0 Å². The molecular weight excluding hydrogens is 376 g/mol. The molecule has 10 heteroatoms. The van der Waals surface area contributed by atoms with E-state index in [1.165, 1.54) is 6.07 Å². The van der Waals surface area contributed by atoms with E-state index in [0.717, 1.165) is 0 Å². The Hall–Kier alpha value is -2.46. The van der Waals surface area contributed by atoms with Gasteiger partial charge in [-0.25, -0.2) is 14.4 Å². The van der Waals surface area contributed by atoms with Crippen LogP contribution in [-0.4, -0.2) is 61.1 Å². The van der Waals surface area contributed by atoms with Crippen molar-refractivity contribution in [2.24, 2.45) is 0 Å². The van der Waals surface area contributed by atoms with Crippen LogP contribution in [0, 0.1) is 0 Å². The number of carbonyl (C=O) groups is 3. The normalized spacial score (nSPS) is 11.2. The van der Waals surface area contributed by atoms with Crippen molar-refractivity contribution in [2.75, 3.05) is 43.7 Å². The number of ether oxygens (including phenoxy) is 3. The zero-order valence-corrected chi connectivity index (χ0v) is 16.1. The lowest BCUT2D eigenvalue weighted by molar-refractivity contribution is 0.0526. The van der Waals surface area contributed by atoms with Gasteiger partial charge >= 0.3 is 18.2 Å². The van der Waals surface area contributed by atoms with E-state index in [0.29, 0.717) is 30.0 Å². The number of esters is 1. The molecule has 2 amide bonds. The molecule has 0 saturated heterocycles. The number of hydrogen-bond acceptors (Lipinski definition) is 7. The maximum Gasteiger partial charge on any atom is 0.411 e. The number of anilines is 1. The van der Waals surface area contributed by atoms with Gasteiger partial charge < -0.3 is 24.1 Å². The molecule has 0 fully saturated rings. The van der Waals surface area contributed by atoms with Crippen molar-refractivity contribution < 1.29 is 33.1 Å². The highest BCUT2D eigenvalue weighted by atomic mass is 32.2. The standard InChI is InChI=1S/C17H24N2O7S/c1-3-24-15(20)13-6-4-7-14(12-13)19-17(22)26-10-9-25-16(21)18-8-5-11-27(2)23/h4,6-7,12H,3,5,8-11H2,1-2H3,(H,18,21)(H,19,22). The highest BCUT2D eigenvalue weighted by Crippen LogP contribution is 2.12. The fourth-order valence-electron chi connectivity index (χ4n) is 1.88. The SMILES string of the molecule is CCOC(=O)c1cccc(NC(=O)OCCOC(=O)NCCC[S+](C)[O-])c1. The van der Waals surface area contributed by atoms with Crippen LogP contribution in [0.5, 0.6) is 0 Å². The lowest BCUT2D eigenvalue weighted by atomic mass is 10.2. The molecule has 150 valence electrons. The van der Waals surface area contributed by atoms with Gasteiger partial charge in [-0.1, -0.05) is 17.2 Å². The number of rotatable bonds is 10. The van der Waals surface area contributed by atoms with Crippen molar-refractivity contribution in [3.05, 3.63) is 29.8 Å². The third-order valence-corrected chi connectivity index (χ3v) is 3.91. The first kappa shape index (κ1) is 22.6. The molecule has 2 N–H and O–H groups in total. The third kappa shape index (κ3) is 10.3. The number of alkyl carbamates (subject to hydrolysis) is 1. The summed E-state index contributed by atoms with van der Waals surface area (Å²) in [5.41, 5.74) is 0.680. The van der Waals surface area contributed by atoms with E-state index in [2.05, 4.69) is 10.6 Å². The molecule has 1 aromatic carbocycles. The fourth-order valence-corrected chi connectivity index (χ4v) is 2.43. The zero-order chi connectivity index (χ0) is 20.1. The summed E-state index contributed by atoms with van der Waals surface area (Å²) in [6.07, 6.45) is 0.795.